The normalized spacial score (nSPS) is 27.2. The van der Waals surface area contributed by atoms with Crippen molar-refractivity contribution in [3.05, 3.63) is 41.4 Å². The summed E-state index contributed by atoms with van der Waals surface area (Å²) >= 11 is 6.36. The first kappa shape index (κ1) is 26.5. The molecule has 6 rings (SSSR count). The Morgan fingerprint density at radius 3 is 2.68 bits per heavy atom. The minimum absolute atomic E-state index is 0.0161. The van der Waals surface area contributed by atoms with Gasteiger partial charge in [0.1, 0.15) is 24.2 Å². The van der Waals surface area contributed by atoms with E-state index in [2.05, 4.69) is 32.0 Å². The smallest absolute Gasteiger partial charge is 0.334 e. The summed E-state index contributed by atoms with van der Waals surface area (Å²) in [6.45, 7) is 0.346. The Morgan fingerprint density at radius 1 is 1.21 bits per heavy atom. The lowest BCUT2D eigenvalue weighted by molar-refractivity contribution is -0.0472. The molecule has 0 amide bonds. The van der Waals surface area contributed by atoms with E-state index in [1.165, 1.54) is 22.9 Å². The summed E-state index contributed by atoms with van der Waals surface area (Å²) in [7, 11) is -6.92. The van der Waals surface area contributed by atoms with Crippen molar-refractivity contribution in [3.63, 3.8) is 0 Å². The highest BCUT2D eigenvalue weighted by atomic mass is 35.5. The highest BCUT2D eigenvalue weighted by molar-refractivity contribution is 7.67. The number of para-hydroxylation sites is 1. The van der Waals surface area contributed by atoms with Gasteiger partial charge in [0.05, 0.1) is 12.9 Å². The molecule has 0 bridgehead atoms. The third-order valence-electron chi connectivity index (χ3n) is 7.47. The number of aromatic nitrogens is 4. The summed E-state index contributed by atoms with van der Waals surface area (Å²) in [4.78, 5) is 43.2. The molecule has 1 aromatic carbocycles. The maximum atomic E-state index is 11.1. The number of ether oxygens (including phenoxy) is 1. The first-order valence-electron chi connectivity index (χ1n) is 12.0. The second-order valence-electron chi connectivity index (χ2n) is 9.88. The average Bonchev–Trinajstić information content (AvgIpc) is 3.49. The van der Waals surface area contributed by atoms with Crippen molar-refractivity contribution in [3.8, 4) is 0 Å². The lowest BCUT2D eigenvalue weighted by atomic mass is 9.66. The van der Waals surface area contributed by atoms with Crippen LogP contribution in [0.4, 0.5) is 11.5 Å². The molecule has 5 N–H and O–H groups in total. The quantitative estimate of drug-likeness (QED) is 0.201. The summed E-state index contributed by atoms with van der Waals surface area (Å²) in [6.07, 6.45) is -0.239. The predicted octanol–water partition coefficient (Wildman–Crippen LogP) is 2.13. The predicted molar refractivity (Wildman–Crippen MR) is 137 cm³/mol. The van der Waals surface area contributed by atoms with Crippen molar-refractivity contribution < 1.29 is 38.7 Å². The fraction of sp³-hybridized carbons (Fsp3) is 0.500. The summed E-state index contributed by atoms with van der Waals surface area (Å²) in [5, 5.41) is 21.3. The van der Waals surface area contributed by atoms with Gasteiger partial charge in [0, 0.05) is 17.6 Å². The second-order valence-corrected chi connectivity index (χ2v) is 13.6. The number of aliphatic hydroxyl groups excluding tert-OH is 2. The Morgan fingerprint density at radius 2 is 1.97 bits per heavy atom. The van der Waals surface area contributed by atoms with Gasteiger partial charge in [0.15, 0.2) is 31.6 Å². The van der Waals surface area contributed by atoms with Crippen LogP contribution in [0.15, 0.2) is 30.6 Å². The second kappa shape index (κ2) is 9.71. The summed E-state index contributed by atoms with van der Waals surface area (Å²) in [6, 6.07) is 8.22. The highest BCUT2D eigenvalue weighted by Gasteiger charge is 2.48. The van der Waals surface area contributed by atoms with Crippen LogP contribution in [-0.4, -0.2) is 81.8 Å². The molecule has 13 nitrogen and oxygen atoms in total. The molecule has 16 heteroatoms. The zero-order valence-electron chi connectivity index (χ0n) is 19.9. The number of nitrogens with zero attached hydrogens (tertiary/aromatic N) is 5. The van der Waals surface area contributed by atoms with Crippen molar-refractivity contribution in [2.24, 2.45) is 0 Å². The van der Waals surface area contributed by atoms with Gasteiger partial charge < -0.3 is 39.1 Å². The Kier molecular flexibility index (Phi) is 6.76. The minimum Gasteiger partial charge on any atom is -0.387 e. The van der Waals surface area contributed by atoms with Crippen molar-refractivity contribution in [1.29, 1.82) is 0 Å². The zero-order valence-corrected chi connectivity index (χ0v) is 22.5. The molecule has 38 heavy (non-hydrogen) atoms. The first-order chi connectivity index (χ1) is 18.1. The molecular formula is C22H26ClN5O8P2. The average molecular weight is 586 g/mol. The van der Waals surface area contributed by atoms with Gasteiger partial charge in [0.2, 0.25) is 5.28 Å². The molecule has 1 saturated carbocycles. The topological polar surface area (TPSA) is 184 Å². The van der Waals surface area contributed by atoms with E-state index < -0.39 is 53.0 Å². The molecule has 2 aromatic heterocycles. The number of halogens is 1. The van der Waals surface area contributed by atoms with Crippen molar-refractivity contribution >= 4 is 50.2 Å². The van der Waals surface area contributed by atoms with E-state index in [-0.39, 0.29) is 10.7 Å². The lowest BCUT2D eigenvalue weighted by Gasteiger charge is -2.39. The van der Waals surface area contributed by atoms with Crippen LogP contribution in [-0.2, 0) is 19.2 Å². The molecule has 5 unspecified atom stereocenters. The van der Waals surface area contributed by atoms with Crippen LogP contribution < -0.4 is 4.90 Å². The van der Waals surface area contributed by atoms with Crippen LogP contribution in [0.1, 0.15) is 31.1 Å². The van der Waals surface area contributed by atoms with E-state index in [0.29, 0.717) is 17.0 Å². The fourth-order valence-electron chi connectivity index (χ4n) is 5.56. The molecule has 2 fully saturated rings. The molecule has 5 atom stereocenters. The SMILES string of the molecule is O=P(O)(O)CP(O)OCC1OC(n2cnc3c(N4CC5(CCC5)c5ccccc54)nc(Cl)nc32)C(O)C1O. The van der Waals surface area contributed by atoms with Gasteiger partial charge in [-0.05, 0) is 36.1 Å². The molecule has 204 valence electrons. The largest absolute Gasteiger partial charge is 0.387 e. The van der Waals surface area contributed by atoms with Gasteiger partial charge in [0.25, 0.3) is 0 Å². The van der Waals surface area contributed by atoms with Crippen LogP contribution in [0.5, 0.6) is 0 Å². The van der Waals surface area contributed by atoms with Gasteiger partial charge >= 0.3 is 7.60 Å². The standard InChI is InChI=1S/C22H26ClN5O8P2/c23-21-25-18(27-9-22(6-3-7-22)12-4-1-2-5-13(12)27)15-19(26-21)28(10-24-15)20-17(30)16(29)14(36-20)8-35-37(31)11-38(32,33)34/h1-2,4-5,10,14,16-17,20,29-31H,3,6-9,11H2,(H2,32,33,34). The summed E-state index contributed by atoms with van der Waals surface area (Å²) < 4.78 is 23.5. The van der Waals surface area contributed by atoms with E-state index in [1.54, 1.807) is 0 Å². The van der Waals surface area contributed by atoms with E-state index in [4.69, 9.17) is 30.6 Å². The summed E-state index contributed by atoms with van der Waals surface area (Å²) in [5.74, 6) is -0.311. The van der Waals surface area contributed by atoms with Crippen LogP contribution in [0.25, 0.3) is 11.2 Å². The van der Waals surface area contributed by atoms with Crippen molar-refractivity contribution in [2.45, 2.75) is 49.2 Å². The van der Waals surface area contributed by atoms with E-state index in [0.717, 1.165) is 25.1 Å². The van der Waals surface area contributed by atoms with Crippen LogP contribution in [0, 0.1) is 0 Å². The summed E-state index contributed by atoms with van der Waals surface area (Å²) in [5.41, 5.74) is 3.13. The Bertz CT molecular complexity index is 1420. The number of aliphatic hydroxyl groups is 2. The molecule has 3 aliphatic rings. The molecule has 1 spiro atoms. The molecule has 1 aliphatic carbocycles. The molecule has 1 saturated heterocycles. The lowest BCUT2D eigenvalue weighted by Crippen LogP contribution is -2.38. The van der Waals surface area contributed by atoms with E-state index in [9.17, 15) is 19.7 Å². The number of hydrogen-bond acceptors (Lipinski definition) is 10. The Balaban J connectivity index is 1.29. The van der Waals surface area contributed by atoms with Crippen molar-refractivity contribution in [1.82, 2.24) is 19.5 Å². The van der Waals surface area contributed by atoms with Crippen LogP contribution >= 0.6 is 27.6 Å². The number of hydrogen-bond donors (Lipinski definition) is 5. The molecule has 3 aromatic rings. The monoisotopic (exact) mass is 585 g/mol. The number of imidazole rings is 1. The van der Waals surface area contributed by atoms with Gasteiger partial charge in [-0.1, -0.05) is 24.6 Å². The maximum absolute atomic E-state index is 11.1. The number of anilines is 2. The highest BCUT2D eigenvalue weighted by Crippen LogP contribution is 2.55. The molecule has 0 radical (unpaired) electrons. The molecular weight excluding hydrogens is 560 g/mol. The Labute approximate surface area is 223 Å². The van der Waals surface area contributed by atoms with E-state index >= 15 is 0 Å². The number of fused-ring (bicyclic) bond motifs is 3. The third kappa shape index (κ3) is 4.54. The third-order valence-corrected chi connectivity index (χ3v) is 10.5. The van der Waals surface area contributed by atoms with Crippen molar-refractivity contribution in [2.75, 3.05) is 24.0 Å². The molecule has 4 heterocycles. The maximum Gasteiger partial charge on any atom is 0.334 e. The molecule has 2 aliphatic heterocycles. The zero-order chi connectivity index (χ0) is 26.8. The van der Waals surface area contributed by atoms with Crippen LogP contribution in [0.3, 0.4) is 0 Å². The number of benzene rings is 1. The minimum atomic E-state index is -4.48. The number of rotatable bonds is 7. The van der Waals surface area contributed by atoms with Gasteiger partial charge in [-0.2, -0.15) is 9.97 Å². The fourth-order valence-corrected chi connectivity index (χ4v) is 7.62. The van der Waals surface area contributed by atoms with Gasteiger partial charge in [-0.25, -0.2) is 4.98 Å². The first-order valence-corrected chi connectivity index (χ1v) is 15.6. The van der Waals surface area contributed by atoms with Crippen LogP contribution in [0.2, 0.25) is 5.28 Å². The van der Waals surface area contributed by atoms with Gasteiger partial charge in [-0.3, -0.25) is 9.13 Å². The Hall–Kier alpha value is -1.76. The van der Waals surface area contributed by atoms with E-state index in [1.807, 2.05) is 12.1 Å². The van der Waals surface area contributed by atoms with Gasteiger partial charge in [-0.15, -0.1) is 0 Å².